The van der Waals surface area contributed by atoms with Crippen LogP contribution < -0.4 is 11.0 Å². The van der Waals surface area contributed by atoms with Crippen molar-refractivity contribution in [2.24, 2.45) is 5.64 Å². The van der Waals surface area contributed by atoms with Gasteiger partial charge in [0.25, 0.3) is 0 Å². The molecule has 0 saturated carbocycles. The van der Waals surface area contributed by atoms with Crippen LogP contribution in [0.5, 0.6) is 0 Å². The maximum Gasteiger partial charge on any atom is 0.320 e. The topological polar surface area (TPSA) is 41.3 Å². The van der Waals surface area contributed by atoms with Gasteiger partial charge in [0.15, 0.2) is 0 Å². The second kappa shape index (κ2) is 14.3. The van der Waals surface area contributed by atoms with Crippen LogP contribution in [0.4, 0.5) is 0 Å². The molecule has 0 aliphatic rings. The summed E-state index contributed by atoms with van der Waals surface area (Å²) in [5, 5.41) is 3.16. The fraction of sp³-hybridized carbons (Fsp3) is 1.00. The molecule has 0 aromatic carbocycles. The molecule has 0 aliphatic carbocycles. The molecule has 3 nitrogen and oxygen atoms in total. The van der Waals surface area contributed by atoms with E-state index in [-0.39, 0.29) is 5.54 Å². The lowest BCUT2D eigenvalue weighted by Gasteiger charge is -2.37. The molecule has 21 heavy (non-hydrogen) atoms. The van der Waals surface area contributed by atoms with Crippen LogP contribution in [-0.2, 0) is 0 Å². The molecule has 0 bridgehead atoms. The van der Waals surface area contributed by atoms with E-state index < -0.39 is 0 Å². The van der Waals surface area contributed by atoms with Crippen molar-refractivity contribution in [1.29, 1.82) is 0 Å². The smallest absolute Gasteiger partial charge is 0.320 e. The first-order valence-electron chi connectivity index (χ1n) is 8.86. The maximum absolute atomic E-state index is 5.53. The third kappa shape index (κ3) is 10.9. The van der Waals surface area contributed by atoms with E-state index in [1.54, 1.807) is 7.55 Å². The van der Waals surface area contributed by atoms with Crippen LogP contribution in [-0.4, -0.2) is 16.3 Å². The number of hydrazine groups is 1. The number of nitrogens with two attached hydrogens (primary N) is 1. The highest BCUT2D eigenvalue weighted by Gasteiger charge is 2.29. The van der Waals surface area contributed by atoms with Crippen LogP contribution in [0.25, 0.3) is 0 Å². The summed E-state index contributed by atoms with van der Waals surface area (Å²) >= 11 is 2.37. The van der Waals surface area contributed by atoms with Gasteiger partial charge in [0.2, 0.25) is 0 Å². The van der Waals surface area contributed by atoms with Gasteiger partial charge in [-0.15, -0.1) is 0 Å². The van der Waals surface area contributed by atoms with E-state index in [9.17, 15) is 0 Å². The number of hydrogen-bond donors (Lipinski definition) is 2. The van der Waals surface area contributed by atoms with Gasteiger partial charge >= 0.3 is 7.55 Å². The second-order valence-electron chi connectivity index (χ2n) is 6.40. The zero-order chi connectivity index (χ0) is 16.0. The molecule has 0 atom stereocenters. The minimum Gasteiger partial charge on any atom is -0.359 e. The molecule has 0 fully saturated rings. The molecule has 3 N–H and O–H groups in total. The van der Waals surface area contributed by atoms with E-state index in [4.69, 9.17) is 5.64 Å². The van der Waals surface area contributed by atoms with Gasteiger partial charge in [0.05, 0.1) is 0 Å². The summed E-state index contributed by atoms with van der Waals surface area (Å²) in [5.41, 5.74) is 5.74. The van der Waals surface area contributed by atoms with Crippen molar-refractivity contribution in [2.45, 2.75) is 103 Å². The Kier molecular flexibility index (Phi) is 14.7. The number of unbranched alkanes of at least 4 members (excludes halogenated alkanes) is 8. The highest BCUT2D eigenvalue weighted by molar-refractivity contribution is 14.1. The second-order valence-corrected chi connectivity index (χ2v) is 7.37. The fourth-order valence-electron chi connectivity index (χ4n) is 2.76. The Hall–Kier alpha value is 0.675. The molecule has 0 amide bonds. The van der Waals surface area contributed by atoms with E-state index in [1.165, 1.54) is 77.0 Å². The molecule has 0 aromatic heterocycles. The average molecular weight is 408 g/mol. The lowest BCUT2D eigenvalue weighted by Crippen LogP contribution is -2.50. The first-order valence-corrected chi connectivity index (χ1v) is 9.82. The van der Waals surface area contributed by atoms with Gasteiger partial charge in [0, 0.05) is 28.4 Å². The summed E-state index contributed by atoms with van der Waals surface area (Å²) in [4.78, 5) is 0. The molecular formula is C16H36BIN3. The Morgan fingerprint density at radius 1 is 0.905 bits per heavy atom. The van der Waals surface area contributed by atoms with Gasteiger partial charge in [-0.25, -0.2) is 0 Å². The molecule has 0 saturated heterocycles. The highest BCUT2D eigenvalue weighted by atomic mass is 127. The zero-order valence-corrected chi connectivity index (χ0v) is 16.6. The largest absolute Gasteiger partial charge is 0.359 e. The monoisotopic (exact) mass is 408 g/mol. The quantitative estimate of drug-likeness (QED) is 0.130. The van der Waals surface area contributed by atoms with E-state index >= 15 is 0 Å². The lowest BCUT2D eigenvalue weighted by molar-refractivity contribution is 0.184. The van der Waals surface area contributed by atoms with Crippen LogP contribution in [0.3, 0.4) is 0 Å². The summed E-state index contributed by atoms with van der Waals surface area (Å²) < 4.78 is 2.18. The van der Waals surface area contributed by atoms with Crippen molar-refractivity contribution in [3.05, 3.63) is 0 Å². The summed E-state index contributed by atoms with van der Waals surface area (Å²) in [7, 11) is 1.54. The Morgan fingerprint density at radius 3 is 1.71 bits per heavy atom. The summed E-state index contributed by atoms with van der Waals surface area (Å²) in [6, 6.07) is 0. The van der Waals surface area contributed by atoms with Gasteiger partial charge in [-0.3, -0.25) is 5.34 Å². The molecule has 0 unspecified atom stereocenters. The SMILES string of the molecule is CCCCCCCC(C)(CCCCCCC)N(I)N[B]N. The lowest BCUT2D eigenvalue weighted by atomic mass is 9.88. The number of nitrogens with zero attached hydrogens (tertiary/aromatic N) is 1. The number of halogens is 1. The fourth-order valence-corrected chi connectivity index (χ4v) is 3.40. The molecule has 0 rings (SSSR count). The van der Waals surface area contributed by atoms with E-state index in [0.29, 0.717) is 0 Å². The van der Waals surface area contributed by atoms with E-state index in [2.05, 4.69) is 52.2 Å². The molecular weight excluding hydrogens is 372 g/mol. The minimum absolute atomic E-state index is 0.203. The third-order valence-corrected chi connectivity index (χ3v) is 5.74. The van der Waals surface area contributed by atoms with Crippen LogP contribution in [0.1, 0.15) is 97.8 Å². The zero-order valence-electron chi connectivity index (χ0n) is 14.5. The van der Waals surface area contributed by atoms with Gasteiger partial charge in [-0.05, 0) is 19.8 Å². The van der Waals surface area contributed by atoms with Crippen molar-refractivity contribution < 1.29 is 0 Å². The Bertz CT molecular complexity index is 216. The highest BCUT2D eigenvalue weighted by Crippen LogP contribution is 2.30. The molecule has 0 aromatic rings. The first-order chi connectivity index (χ1) is 10.1. The number of hydrogen-bond acceptors (Lipinski definition) is 3. The Morgan fingerprint density at radius 2 is 1.33 bits per heavy atom. The molecule has 5 heteroatoms. The summed E-state index contributed by atoms with van der Waals surface area (Å²) in [5.74, 6) is 0. The number of rotatable bonds is 15. The van der Waals surface area contributed by atoms with Crippen molar-refractivity contribution in [2.75, 3.05) is 0 Å². The average Bonchev–Trinajstić information content (AvgIpc) is 2.47. The van der Waals surface area contributed by atoms with Crippen molar-refractivity contribution in [1.82, 2.24) is 8.56 Å². The third-order valence-electron chi connectivity index (χ3n) is 4.30. The predicted molar refractivity (Wildman–Crippen MR) is 104 cm³/mol. The molecule has 1 radical (unpaired) electrons. The summed E-state index contributed by atoms with van der Waals surface area (Å²) in [6.45, 7) is 6.91. The van der Waals surface area contributed by atoms with Crippen LogP contribution in [0.15, 0.2) is 0 Å². The van der Waals surface area contributed by atoms with Gasteiger partial charge in [0.1, 0.15) is 0 Å². The van der Waals surface area contributed by atoms with Crippen LogP contribution in [0, 0.1) is 0 Å². The minimum atomic E-state index is 0.203. The van der Waals surface area contributed by atoms with Gasteiger partial charge < -0.3 is 5.64 Å². The Balaban J connectivity index is 4.14. The normalized spacial score (nSPS) is 12.1. The number of nitrogens with one attached hydrogen (secondary N) is 1. The maximum atomic E-state index is 5.53. The van der Waals surface area contributed by atoms with Gasteiger partial charge in [-0.1, -0.05) is 78.1 Å². The molecule has 0 aliphatic heterocycles. The first kappa shape index (κ1) is 21.7. The van der Waals surface area contributed by atoms with Crippen LogP contribution in [0.2, 0.25) is 0 Å². The predicted octanol–water partition coefficient (Wildman–Crippen LogP) is 5.12. The van der Waals surface area contributed by atoms with Crippen LogP contribution >= 0.6 is 22.9 Å². The molecule has 0 heterocycles. The van der Waals surface area contributed by atoms with Crippen molar-refractivity contribution in [3.63, 3.8) is 0 Å². The van der Waals surface area contributed by atoms with E-state index in [0.717, 1.165) is 0 Å². The van der Waals surface area contributed by atoms with E-state index in [1.807, 2.05) is 0 Å². The van der Waals surface area contributed by atoms with Crippen molar-refractivity contribution >= 4 is 30.4 Å². The standard InChI is InChI=1S/C16H36BIN3/c1-4-6-8-10-12-14-16(3,21(18)20-17-19)15-13-11-9-7-5-2/h20H,4-15,19H2,1-3H3. The van der Waals surface area contributed by atoms with Crippen molar-refractivity contribution in [3.8, 4) is 0 Å². The Labute approximate surface area is 147 Å². The molecule has 0 spiro atoms. The van der Waals surface area contributed by atoms with Gasteiger partial charge in [-0.2, -0.15) is 3.22 Å². The summed E-state index contributed by atoms with van der Waals surface area (Å²) in [6.07, 6.45) is 16.0. The molecule has 125 valence electrons.